The topological polar surface area (TPSA) is 64.6 Å². The maximum Gasteiger partial charge on any atom is 0.240 e. The fourth-order valence-electron chi connectivity index (χ4n) is 2.20. The van der Waals surface area contributed by atoms with Gasteiger partial charge in [-0.15, -0.1) is 0 Å². The van der Waals surface area contributed by atoms with E-state index in [1.807, 2.05) is 0 Å². The predicted molar refractivity (Wildman–Crippen MR) is 80.7 cm³/mol. The molecule has 0 aromatic heterocycles. The number of nitrogens with one attached hydrogen (secondary N) is 1. The minimum Gasteiger partial charge on any atom is -0.379 e. The number of rotatable bonds is 8. The lowest BCUT2D eigenvalue weighted by molar-refractivity contribution is 0.0169. The number of hydrogen-bond acceptors (Lipinski definition) is 4. The monoisotopic (exact) mass is 331 g/mol. The average Bonchev–Trinajstić information content (AvgIpc) is 2.98. The summed E-state index contributed by atoms with van der Waals surface area (Å²) in [4.78, 5) is -0.0594. The van der Waals surface area contributed by atoms with Crippen LogP contribution in [0.25, 0.3) is 0 Å². The highest BCUT2D eigenvalue weighted by Crippen LogP contribution is 2.14. The molecule has 0 spiro atoms. The van der Waals surface area contributed by atoms with E-state index in [1.165, 1.54) is 12.1 Å². The van der Waals surface area contributed by atoms with Crippen LogP contribution >= 0.6 is 0 Å². The minimum absolute atomic E-state index is 0.0594. The van der Waals surface area contributed by atoms with Crippen LogP contribution in [-0.2, 0) is 19.5 Å². The Morgan fingerprint density at radius 3 is 2.95 bits per heavy atom. The highest BCUT2D eigenvalue weighted by atomic mass is 32.2. The lowest BCUT2D eigenvalue weighted by Gasteiger charge is -2.10. The largest absolute Gasteiger partial charge is 0.379 e. The second-order valence-electron chi connectivity index (χ2n) is 5.37. The summed E-state index contributed by atoms with van der Waals surface area (Å²) >= 11 is 0. The van der Waals surface area contributed by atoms with Crippen LogP contribution in [0.3, 0.4) is 0 Å². The Morgan fingerprint density at radius 1 is 1.45 bits per heavy atom. The van der Waals surface area contributed by atoms with E-state index < -0.39 is 15.8 Å². The van der Waals surface area contributed by atoms with Crippen LogP contribution in [0, 0.1) is 12.7 Å². The molecule has 1 N–H and O–H groups in total. The second-order valence-corrected chi connectivity index (χ2v) is 7.14. The Kier molecular flexibility index (Phi) is 6.31. The Labute approximate surface area is 130 Å². The van der Waals surface area contributed by atoms with Gasteiger partial charge in [-0.2, -0.15) is 0 Å². The molecule has 0 saturated carbocycles. The Hall–Kier alpha value is -1.02. The van der Waals surface area contributed by atoms with Crippen molar-refractivity contribution in [3.63, 3.8) is 0 Å². The van der Waals surface area contributed by atoms with Crippen LogP contribution in [0.2, 0.25) is 0 Å². The molecule has 1 saturated heterocycles. The standard InChI is InChI=1S/C15H22FNO4S/c1-12-5-6-14(10-15(12)16)22(18,19)17-7-3-8-20-11-13-4-2-9-21-13/h5-6,10,13,17H,2-4,7-9,11H2,1H3/t13-/m1/s1. The van der Waals surface area contributed by atoms with Gasteiger partial charge in [-0.05, 0) is 43.9 Å². The molecule has 1 aliphatic heterocycles. The summed E-state index contributed by atoms with van der Waals surface area (Å²) in [6.45, 7) is 3.65. The SMILES string of the molecule is Cc1ccc(S(=O)(=O)NCCCOC[C@H]2CCCO2)cc1F. The third kappa shape index (κ3) is 5.01. The molecule has 22 heavy (non-hydrogen) atoms. The van der Waals surface area contributed by atoms with Crippen molar-refractivity contribution in [1.29, 1.82) is 0 Å². The van der Waals surface area contributed by atoms with Crippen molar-refractivity contribution >= 4 is 10.0 Å². The number of benzene rings is 1. The van der Waals surface area contributed by atoms with Gasteiger partial charge in [0, 0.05) is 19.8 Å². The molecule has 0 amide bonds. The second kappa shape index (κ2) is 8.01. The van der Waals surface area contributed by atoms with Crippen molar-refractivity contribution in [3.05, 3.63) is 29.6 Å². The van der Waals surface area contributed by atoms with Crippen LogP contribution in [0.15, 0.2) is 23.1 Å². The number of hydrogen-bond donors (Lipinski definition) is 1. The van der Waals surface area contributed by atoms with Gasteiger partial charge in [-0.3, -0.25) is 0 Å². The van der Waals surface area contributed by atoms with Gasteiger partial charge in [0.25, 0.3) is 0 Å². The number of halogens is 1. The predicted octanol–water partition coefficient (Wildman–Crippen LogP) is 2.00. The number of sulfonamides is 1. The normalized spacial score (nSPS) is 18.7. The third-order valence-corrected chi connectivity index (χ3v) is 5.00. The van der Waals surface area contributed by atoms with E-state index in [-0.39, 0.29) is 17.5 Å². The van der Waals surface area contributed by atoms with E-state index in [0.29, 0.717) is 25.2 Å². The summed E-state index contributed by atoms with van der Waals surface area (Å²) in [7, 11) is -3.67. The van der Waals surface area contributed by atoms with Gasteiger partial charge in [0.05, 0.1) is 17.6 Å². The molecule has 1 aliphatic rings. The average molecular weight is 331 g/mol. The molecule has 1 aromatic carbocycles. The maximum atomic E-state index is 13.4. The molecule has 1 heterocycles. The van der Waals surface area contributed by atoms with Crippen molar-refractivity contribution in [2.24, 2.45) is 0 Å². The summed E-state index contributed by atoms with van der Waals surface area (Å²) in [6, 6.07) is 3.88. The molecule has 1 aromatic rings. The van der Waals surface area contributed by atoms with E-state index in [0.717, 1.165) is 25.5 Å². The molecule has 124 valence electrons. The molecule has 2 rings (SSSR count). The maximum absolute atomic E-state index is 13.4. The molecule has 0 unspecified atom stereocenters. The van der Waals surface area contributed by atoms with Crippen LogP contribution in [-0.4, -0.2) is 40.9 Å². The van der Waals surface area contributed by atoms with Crippen molar-refractivity contribution in [2.45, 2.75) is 37.2 Å². The van der Waals surface area contributed by atoms with Gasteiger partial charge in [0.2, 0.25) is 10.0 Å². The van der Waals surface area contributed by atoms with Crippen molar-refractivity contribution in [3.8, 4) is 0 Å². The minimum atomic E-state index is -3.67. The van der Waals surface area contributed by atoms with E-state index in [2.05, 4.69) is 4.72 Å². The molecule has 1 atom stereocenters. The third-order valence-electron chi connectivity index (χ3n) is 3.54. The first-order valence-electron chi connectivity index (χ1n) is 7.44. The molecule has 1 fully saturated rings. The fraction of sp³-hybridized carbons (Fsp3) is 0.600. The quantitative estimate of drug-likeness (QED) is 0.740. The molecule has 5 nitrogen and oxygen atoms in total. The van der Waals surface area contributed by atoms with Gasteiger partial charge in [0.15, 0.2) is 0 Å². The van der Waals surface area contributed by atoms with Gasteiger partial charge >= 0.3 is 0 Å². The highest BCUT2D eigenvalue weighted by Gasteiger charge is 2.16. The molecular weight excluding hydrogens is 309 g/mol. The lowest BCUT2D eigenvalue weighted by atomic mass is 10.2. The van der Waals surface area contributed by atoms with E-state index in [9.17, 15) is 12.8 Å². The van der Waals surface area contributed by atoms with E-state index in [4.69, 9.17) is 9.47 Å². The molecular formula is C15H22FNO4S. The first kappa shape index (κ1) is 17.3. The Bertz CT molecular complexity index is 585. The zero-order valence-electron chi connectivity index (χ0n) is 12.7. The molecule has 0 bridgehead atoms. The van der Waals surface area contributed by atoms with E-state index >= 15 is 0 Å². The zero-order valence-corrected chi connectivity index (χ0v) is 13.5. The Morgan fingerprint density at radius 2 is 2.27 bits per heavy atom. The molecule has 7 heteroatoms. The van der Waals surface area contributed by atoms with E-state index in [1.54, 1.807) is 6.92 Å². The van der Waals surface area contributed by atoms with Gasteiger partial charge in [0.1, 0.15) is 5.82 Å². The summed E-state index contributed by atoms with van der Waals surface area (Å²) in [5.74, 6) is -0.525. The van der Waals surface area contributed by atoms with Crippen LogP contribution < -0.4 is 4.72 Å². The summed E-state index contributed by atoms with van der Waals surface area (Å²) in [5.41, 5.74) is 0.418. The Balaban J connectivity index is 1.69. The fourth-order valence-corrected chi connectivity index (χ4v) is 3.28. The number of aryl methyl sites for hydroxylation is 1. The first-order valence-corrected chi connectivity index (χ1v) is 8.92. The van der Waals surface area contributed by atoms with Crippen LogP contribution in [0.5, 0.6) is 0 Å². The summed E-state index contributed by atoms with van der Waals surface area (Å²) in [6.07, 6.45) is 2.82. The van der Waals surface area contributed by atoms with Crippen molar-refractivity contribution in [1.82, 2.24) is 4.72 Å². The summed E-state index contributed by atoms with van der Waals surface area (Å²) < 4.78 is 50.7. The first-order chi connectivity index (χ1) is 10.5. The van der Waals surface area contributed by atoms with Crippen LogP contribution in [0.1, 0.15) is 24.8 Å². The number of ether oxygens (including phenoxy) is 2. The van der Waals surface area contributed by atoms with Crippen molar-refractivity contribution in [2.75, 3.05) is 26.4 Å². The smallest absolute Gasteiger partial charge is 0.240 e. The van der Waals surface area contributed by atoms with Crippen LogP contribution in [0.4, 0.5) is 4.39 Å². The highest BCUT2D eigenvalue weighted by molar-refractivity contribution is 7.89. The van der Waals surface area contributed by atoms with Crippen molar-refractivity contribution < 1.29 is 22.3 Å². The molecule has 0 radical (unpaired) electrons. The van der Waals surface area contributed by atoms with Gasteiger partial charge in [-0.25, -0.2) is 17.5 Å². The van der Waals surface area contributed by atoms with Gasteiger partial charge in [-0.1, -0.05) is 6.07 Å². The zero-order chi connectivity index (χ0) is 16.0. The summed E-state index contributed by atoms with van der Waals surface area (Å²) in [5, 5.41) is 0. The molecule has 0 aliphatic carbocycles. The lowest BCUT2D eigenvalue weighted by Crippen LogP contribution is -2.26. The van der Waals surface area contributed by atoms with Gasteiger partial charge < -0.3 is 9.47 Å².